The molecule has 0 atom stereocenters. The van der Waals surface area contributed by atoms with Gasteiger partial charge in [-0.15, -0.1) is 0 Å². The first-order valence-electron chi connectivity index (χ1n) is 4.51. The molecule has 2 N–H and O–H groups in total. The van der Waals surface area contributed by atoms with Crippen LogP contribution in [-0.4, -0.2) is 29.4 Å². The summed E-state index contributed by atoms with van der Waals surface area (Å²) < 4.78 is 7.02. The fourth-order valence-corrected chi connectivity index (χ4v) is 1.54. The highest BCUT2D eigenvalue weighted by atomic mass is 32.2. The quantitative estimate of drug-likeness (QED) is 0.347. The van der Waals surface area contributed by atoms with E-state index in [4.69, 9.17) is 9.83 Å². The third-order valence-electron chi connectivity index (χ3n) is 1.53. The first-order chi connectivity index (χ1) is 7.27. The van der Waals surface area contributed by atoms with E-state index in [-0.39, 0.29) is 0 Å². The average molecular weight is 226 g/mol. The van der Waals surface area contributed by atoms with Crippen LogP contribution in [0, 0.1) is 5.41 Å². The molecule has 0 aromatic carbocycles. The number of hydrogen-bond acceptors (Lipinski definition) is 4. The second-order valence-corrected chi connectivity index (χ2v) is 3.99. The molecule has 82 valence electrons. The van der Waals surface area contributed by atoms with Gasteiger partial charge in [0.2, 0.25) is 0 Å². The van der Waals surface area contributed by atoms with Gasteiger partial charge in [-0.05, 0) is 12.1 Å². The average Bonchev–Trinajstić information content (AvgIpc) is 2.70. The molecule has 0 aliphatic heterocycles. The van der Waals surface area contributed by atoms with Crippen LogP contribution in [0.15, 0.2) is 27.8 Å². The smallest absolute Gasteiger partial charge is 0.186 e. The lowest BCUT2D eigenvalue weighted by molar-refractivity contribution is 0.498. The van der Waals surface area contributed by atoms with E-state index in [1.807, 2.05) is 11.5 Å². The summed E-state index contributed by atoms with van der Waals surface area (Å²) in [6.45, 7) is 2.06. The number of aliphatic imine (C=N–C) groups is 1. The number of nitrogens with zero attached hydrogens (tertiary/aromatic N) is 2. The first-order valence-corrected chi connectivity index (χ1v) is 5.46. The summed E-state index contributed by atoms with van der Waals surface area (Å²) in [5.74, 6) is 2.10. The molecule has 15 heavy (non-hydrogen) atoms. The molecule has 1 rings (SSSR count). The van der Waals surface area contributed by atoms with Gasteiger partial charge in [0, 0.05) is 12.8 Å². The molecule has 0 spiro atoms. The van der Waals surface area contributed by atoms with E-state index < -0.39 is 0 Å². The van der Waals surface area contributed by atoms with Crippen LogP contribution in [0.1, 0.15) is 12.7 Å². The van der Waals surface area contributed by atoms with Crippen molar-refractivity contribution < 1.29 is 4.42 Å². The summed E-state index contributed by atoms with van der Waals surface area (Å²) in [6, 6.07) is 3.57. The minimum absolute atomic E-state index is 0.526. The topological polar surface area (TPSA) is 64.6 Å². The van der Waals surface area contributed by atoms with Crippen LogP contribution >= 0.6 is 11.9 Å². The van der Waals surface area contributed by atoms with Gasteiger partial charge in [-0.1, -0.05) is 18.9 Å². The molecule has 1 aromatic heterocycles. The van der Waals surface area contributed by atoms with Gasteiger partial charge in [0.15, 0.2) is 11.6 Å². The summed E-state index contributed by atoms with van der Waals surface area (Å²) in [5, 5.41) is 6.96. The van der Waals surface area contributed by atoms with Crippen LogP contribution in [0.2, 0.25) is 0 Å². The van der Waals surface area contributed by atoms with E-state index >= 15 is 0 Å². The monoisotopic (exact) mass is 226 g/mol. The van der Waals surface area contributed by atoms with Crippen molar-refractivity contribution in [1.82, 2.24) is 9.84 Å². The molecule has 0 radical (unpaired) electrons. The summed E-state index contributed by atoms with van der Waals surface area (Å²) in [4.78, 5) is 3.89. The largest absolute Gasteiger partial charge is 0.461 e. The molecule has 0 fully saturated rings. The number of rotatable bonds is 5. The zero-order valence-corrected chi connectivity index (χ0v) is 9.54. The number of hydrogen-bond donors (Lipinski definition) is 2. The normalized spacial score (nSPS) is 11.8. The van der Waals surface area contributed by atoms with E-state index in [0.29, 0.717) is 11.6 Å². The number of amidine groups is 1. The van der Waals surface area contributed by atoms with Crippen molar-refractivity contribution >= 4 is 24.1 Å². The zero-order chi connectivity index (χ0) is 11.1. The summed E-state index contributed by atoms with van der Waals surface area (Å²) in [7, 11) is 1.89. The highest BCUT2D eigenvalue weighted by Crippen LogP contribution is 2.05. The molecule has 5 nitrogen and oxygen atoms in total. The van der Waals surface area contributed by atoms with Crippen LogP contribution in [0.3, 0.4) is 0 Å². The summed E-state index contributed by atoms with van der Waals surface area (Å²) in [5.41, 5.74) is 3.02. The SMILES string of the molecule is CCSN(C)N/C(=N\C=N)c1ccco1. The van der Waals surface area contributed by atoms with Crippen molar-refractivity contribution in [1.29, 1.82) is 5.41 Å². The van der Waals surface area contributed by atoms with E-state index in [2.05, 4.69) is 17.3 Å². The second kappa shape index (κ2) is 6.26. The molecule has 0 saturated heterocycles. The van der Waals surface area contributed by atoms with E-state index in [0.717, 1.165) is 12.1 Å². The predicted octanol–water partition coefficient (Wildman–Crippen LogP) is 1.74. The molecule has 1 aromatic rings. The van der Waals surface area contributed by atoms with E-state index in [9.17, 15) is 0 Å². The Morgan fingerprint density at radius 1 is 1.80 bits per heavy atom. The van der Waals surface area contributed by atoms with Gasteiger partial charge in [-0.25, -0.2) is 4.99 Å². The molecule has 6 heteroatoms. The van der Waals surface area contributed by atoms with Gasteiger partial charge >= 0.3 is 0 Å². The zero-order valence-electron chi connectivity index (χ0n) is 8.73. The Morgan fingerprint density at radius 2 is 2.60 bits per heavy atom. The highest BCUT2D eigenvalue weighted by molar-refractivity contribution is 7.96. The molecule has 0 unspecified atom stereocenters. The van der Waals surface area contributed by atoms with Gasteiger partial charge < -0.3 is 4.42 Å². The van der Waals surface area contributed by atoms with Gasteiger partial charge in [0.25, 0.3) is 0 Å². The van der Waals surface area contributed by atoms with Gasteiger partial charge in [0.05, 0.1) is 6.26 Å². The molecular formula is C9H14N4OS. The molecule has 0 aliphatic carbocycles. The Labute approximate surface area is 93.2 Å². The Bertz CT molecular complexity index is 323. The minimum atomic E-state index is 0.526. The summed E-state index contributed by atoms with van der Waals surface area (Å²) >= 11 is 1.61. The molecule has 0 amide bonds. The van der Waals surface area contributed by atoms with E-state index in [1.165, 1.54) is 0 Å². The first kappa shape index (κ1) is 11.8. The van der Waals surface area contributed by atoms with Gasteiger partial charge in [-0.2, -0.15) is 4.41 Å². The number of hydrazine groups is 1. The third-order valence-corrected chi connectivity index (χ3v) is 2.27. The minimum Gasteiger partial charge on any atom is -0.461 e. The fourth-order valence-electron chi connectivity index (χ4n) is 1.00. The van der Waals surface area contributed by atoms with Crippen molar-refractivity contribution in [2.24, 2.45) is 4.99 Å². The van der Waals surface area contributed by atoms with Crippen LogP contribution in [0.25, 0.3) is 0 Å². The fraction of sp³-hybridized carbons (Fsp3) is 0.333. The maximum atomic E-state index is 6.96. The van der Waals surface area contributed by atoms with Gasteiger partial charge in [-0.3, -0.25) is 10.8 Å². The molecule has 1 heterocycles. The van der Waals surface area contributed by atoms with Gasteiger partial charge in [0.1, 0.15) is 6.34 Å². The Kier molecular flexibility index (Phi) is 4.92. The van der Waals surface area contributed by atoms with Crippen molar-refractivity contribution in [3.05, 3.63) is 24.2 Å². The van der Waals surface area contributed by atoms with Crippen molar-refractivity contribution in [3.8, 4) is 0 Å². The lowest BCUT2D eigenvalue weighted by Crippen LogP contribution is -2.35. The lowest BCUT2D eigenvalue weighted by atomic mass is 10.4. The van der Waals surface area contributed by atoms with Crippen LogP contribution in [0.4, 0.5) is 0 Å². The maximum Gasteiger partial charge on any atom is 0.186 e. The van der Waals surface area contributed by atoms with Crippen LogP contribution in [-0.2, 0) is 0 Å². The lowest BCUT2D eigenvalue weighted by Gasteiger charge is -2.16. The van der Waals surface area contributed by atoms with Crippen molar-refractivity contribution in [2.75, 3.05) is 12.8 Å². The Balaban J connectivity index is 2.68. The summed E-state index contributed by atoms with van der Waals surface area (Å²) in [6.07, 6.45) is 2.55. The number of furan rings is 1. The Morgan fingerprint density at radius 3 is 3.13 bits per heavy atom. The molecular weight excluding hydrogens is 212 g/mol. The number of nitrogens with one attached hydrogen (secondary N) is 2. The highest BCUT2D eigenvalue weighted by Gasteiger charge is 2.07. The molecule has 0 bridgehead atoms. The van der Waals surface area contributed by atoms with Crippen LogP contribution < -0.4 is 5.43 Å². The standard InChI is InChI=1S/C9H14N4OS/c1-3-15-13(2)12-9(11-7-10)8-5-4-6-14-8/h4-7H,3H2,1-2H3,(H2,10,11,12). The third kappa shape index (κ3) is 3.77. The molecule has 0 saturated carbocycles. The molecule has 0 aliphatic rings. The predicted molar refractivity (Wildman–Crippen MR) is 63.1 cm³/mol. The van der Waals surface area contributed by atoms with Crippen molar-refractivity contribution in [2.45, 2.75) is 6.92 Å². The van der Waals surface area contributed by atoms with E-state index in [1.54, 1.807) is 30.3 Å². The maximum absolute atomic E-state index is 6.96. The van der Waals surface area contributed by atoms with Crippen molar-refractivity contribution in [3.63, 3.8) is 0 Å². The second-order valence-electron chi connectivity index (χ2n) is 2.61. The Hall–Kier alpha value is -1.27. The van der Waals surface area contributed by atoms with Crippen LogP contribution in [0.5, 0.6) is 0 Å².